The third-order valence-corrected chi connectivity index (χ3v) is 1.63. The largest absolute Gasteiger partial charge is 0.523 e. The number of ether oxygens (including phenoxy) is 1. The van der Waals surface area contributed by atoms with Crippen LogP contribution in [0.1, 0.15) is 19.8 Å². The second-order valence-electron chi connectivity index (χ2n) is 2.64. The molecule has 1 aliphatic rings. The van der Waals surface area contributed by atoms with E-state index in [1.54, 1.807) is 6.08 Å². The van der Waals surface area contributed by atoms with Gasteiger partial charge in [-0.1, -0.05) is 24.8 Å². The minimum absolute atomic E-state index is 0.218. The topological polar surface area (TPSA) is 9.23 Å². The zero-order chi connectivity index (χ0) is 9.90. The van der Waals surface area contributed by atoms with Gasteiger partial charge in [0.25, 0.3) is 0 Å². The van der Waals surface area contributed by atoms with Gasteiger partial charge in [-0.15, -0.1) is 13.2 Å². The van der Waals surface area contributed by atoms with E-state index in [1.807, 2.05) is 6.92 Å². The van der Waals surface area contributed by atoms with Crippen molar-refractivity contribution in [2.24, 2.45) is 0 Å². The average Bonchev–Trinajstić information content (AvgIpc) is 2.03. The molecule has 0 aliphatic heterocycles. The summed E-state index contributed by atoms with van der Waals surface area (Å²) in [5, 5.41) is 0. The lowest BCUT2D eigenvalue weighted by Gasteiger charge is -2.14. The van der Waals surface area contributed by atoms with Gasteiger partial charge in [-0.3, -0.25) is 4.74 Å². The molecule has 0 amide bonds. The van der Waals surface area contributed by atoms with Crippen LogP contribution in [0.25, 0.3) is 0 Å². The maximum Gasteiger partial charge on any atom is 0.523 e. The second kappa shape index (κ2) is 3.84. The number of halogens is 3. The molecule has 4 heteroatoms. The number of hydrogen-bond donors (Lipinski definition) is 0. The highest BCUT2D eigenvalue weighted by Crippen LogP contribution is 2.21. The van der Waals surface area contributed by atoms with Crippen molar-refractivity contribution in [1.82, 2.24) is 0 Å². The minimum atomic E-state index is -4.59. The van der Waals surface area contributed by atoms with Crippen molar-refractivity contribution in [3.63, 3.8) is 0 Å². The molecule has 1 aliphatic carbocycles. The van der Waals surface area contributed by atoms with Gasteiger partial charge >= 0.3 is 6.36 Å². The Bertz CT molecular complexity index is 267. The van der Waals surface area contributed by atoms with Crippen molar-refractivity contribution in [2.45, 2.75) is 32.2 Å². The van der Waals surface area contributed by atoms with Crippen molar-refractivity contribution in [1.29, 1.82) is 0 Å². The predicted octanol–water partition coefficient (Wildman–Crippen LogP) is 2.63. The lowest BCUT2D eigenvalue weighted by Crippen LogP contribution is -2.23. The predicted molar refractivity (Wildman–Crippen MR) is 41.7 cm³/mol. The van der Waals surface area contributed by atoms with Crippen molar-refractivity contribution in [3.8, 4) is 11.8 Å². The molecule has 1 nitrogen and oxygen atoms in total. The van der Waals surface area contributed by atoms with Gasteiger partial charge in [0, 0.05) is 6.42 Å². The normalized spacial score (nSPS) is 21.8. The molecule has 0 fully saturated rings. The fourth-order valence-corrected chi connectivity index (χ4v) is 1.00. The quantitative estimate of drug-likeness (QED) is 0.608. The molecule has 1 unspecified atom stereocenters. The molecule has 0 bridgehead atoms. The van der Waals surface area contributed by atoms with Gasteiger partial charge in [-0.2, -0.15) is 0 Å². The number of rotatable bonds is 2. The SMILES string of the molecule is CCC1=CCC(OC(F)(F)F)C#C1. The zero-order valence-electron chi connectivity index (χ0n) is 7.11. The van der Waals surface area contributed by atoms with Crippen LogP contribution in [0.2, 0.25) is 0 Å². The minimum Gasteiger partial charge on any atom is -0.275 e. The van der Waals surface area contributed by atoms with Crippen molar-refractivity contribution in [2.75, 3.05) is 0 Å². The molecular weight excluding hydrogens is 181 g/mol. The molecule has 0 saturated heterocycles. The molecule has 0 radical (unpaired) electrons. The van der Waals surface area contributed by atoms with E-state index in [2.05, 4.69) is 16.6 Å². The molecule has 0 aromatic heterocycles. The maximum atomic E-state index is 11.7. The van der Waals surface area contributed by atoms with Crippen LogP contribution >= 0.6 is 0 Å². The fraction of sp³-hybridized carbons (Fsp3) is 0.556. The lowest BCUT2D eigenvalue weighted by atomic mass is 10.1. The number of hydrogen-bond acceptors (Lipinski definition) is 1. The van der Waals surface area contributed by atoms with E-state index in [4.69, 9.17) is 0 Å². The average molecular weight is 190 g/mol. The van der Waals surface area contributed by atoms with E-state index in [1.165, 1.54) is 0 Å². The lowest BCUT2D eigenvalue weighted by molar-refractivity contribution is -0.334. The third-order valence-electron chi connectivity index (χ3n) is 1.63. The first-order valence-corrected chi connectivity index (χ1v) is 3.96. The van der Waals surface area contributed by atoms with Gasteiger partial charge in [0.1, 0.15) is 6.10 Å². The highest BCUT2D eigenvalue weighted by atomic mass is 19.4. The zero-order valence-corrected chi connectivity index (χ0v) is 7.11. The van der Waals surface area contributed by atoms with Gasteiger partial charge in [0.05, 0.1) is 0 Å². The van der Waals surface area contributed by atoms with Crippen LogP contribution in [-0.4, -0.2) is 12.5 Å². The summed E-state index contributed by atoms with van der Waals surface area (Å²) in [5.41, 5.74) is 0.877. The Hall–Kier alpha value is -0.950. The highest BCUT2D eigenvalue weighted by molar-refractivity contribution is 5.33. The molecule has 13 heavy (non-hydrogen) atoms. The second-order valence-corrected chi connectivity index (χ2v) is 2.64. The van der Waals surface area contributed by atoms with E-state index in [-0.39, 0.29) is 6.42 Å². The van der Waals surface area contributed by atoms with Crippen LogP contribution in [0, 0.1) is 11.8 Å². The smallest absolute Gasteiger partial charge is 0.275 e. The molecule has 1 atom stereocenters. The molecule has 0 aromatic rings. The molecule has 0 N–H and O–H groups in total. The molecule has 0 heterocycles. The molecule has 0 spiro atoms. The third kappa shape index (κ3) is 3.51. The highest BCUT2D eigenvalue weighted by Gasteiger charge is 2.32. The van der Waals surface area contributed by atoms with Crippen LogP contribution in [0.3, 0.4) is 0 Å². The van der Waals surface area contributed by atoms with Gasteiger partial charge in [-0.25, -0.2) is 0 Å². The summed E-state index contributed by atoms with van der Waals surface area (Å²) >= 11 is 0. The monoisotopic (exact) mass is 190 g/mol. The summed E-state index contributed by atoms with van der Waals surface area (Å²) < 4.78 is 38.9. The molecule has 0 aromatic carbocycles. The summed E-state index contributed by atoms with van der Waals surface area (Å²) in [4.78, 5) is 0. The first-order chi connectivity index (χ1) is 6.01. The maximum absolute atomic E-state index is 11.7. The summed E-state index contributed by atoms with van der Waals surface area (Å²) in [6.07, 6.45) is -2.96. The van der Waals surface area contributed by atoms with E-state index in [0.717, 1.165) is 12.0 Å². The van der Waals surface area contributed by atoms with E-state index < -0.39 is 12.5 Å². The van der Waals surface area contributed by atoms with Crippen LogP contribution in [0.4, 0.5) is 13.2 Å². The Labute approximate surface area is 74.6 Å². The Morgan fingerprint density at radius 2 is 2.31 bits per heavy atom. The Morgan fingerprint density at radius 3 is 2.69 bits per heavy atom. The van der Waals surface area contributed by atoms with Crippen LogP contribution in [0.15, 0.2) is 11.6 Å². The van der Waals surface area contributed by atoms with E-state index in [9.17, 15) is 13.2 Å². The summed E-state index contributed by atoms with van der Waals surface area (Å²) in [6, 6.07) is 0. The van der Waals surface area contributed by atoms with Crippen molar-refractivity contribution < 1.29 is 17.9 Å². The van der Waals surface area contributed by atoms with Crippen molar-refractivity contribution in [3.05, 3.63) is 11.6 Å². The first-order valence-electron chi connectivity index (χ1n) is 3.96. The van der Waals surface area contributed by atoms with Crippen LogP contribution < -0.4 is 0 Å². The van der Waals surface area contributed by atoms with E-state index >= 15 is 0 Å². The summed E-state index contributed by atoms with van der Waals surface area (Å²) in [6.45, 7) is 1.91. The van der Waals surface area contributed by atoms with Crippen LogP contribution in [0.5, 0.6) is 0 Å². The number of alkyl halides is 3. The molecule has 1 rings (SSSR count). The van der Waals surface area contributed by atoms with Gasteiger partial charge in [0.15, 0.2) is 0 Å². The fourth-order valence-electron chi connectivity index (χ4n) is 1.00. The first kappa shape index (κ1) is 10.1. The Kier molecular flexibility index (Phi) is 2.99. The number of allylic oxidation sites excluding steroid dienone is 1. The summed E-state index contributed by atoms with van der Waals surface area (Å²) in [5.74, 6) is 5.04. The van der Waals surface area contributed by atoms with Gasteiger partial charge in [-0.05, 0) is 12.0 Å². The Morgan fingerprint density at radius 1 is 1.62 bits per heavy atom. The van der Waals surface area contributed by atoms with Crippen molar-refractivity contribution >= 4 is 0 Å². The molecular formula is C9H9F3O. The van der Waals surface area contributed by atoms with Gasteiger partial charge < -0.3 is 0 Å². The Balaban J connectivity index is 2.50. The summed E-state index contributed by atoms with van der Waals surface area (Å²) in [7, 11) is 0. The van der Waals surface area contributed by atoms with Crippen LogP contribution in [-0.2, 0) is 4.74 Å². The molecule has 72 valence electrons. The van der Waals surface area contributed by atoms with Gasteiger partial charge in [0.2, 0.25) is 0 Å². The molecule has 0 saturated carbocycles. The van der Waals surface area contributed by atoms with E-state index in [0.29, 0.717) is 0 Å². The standard InChI is InChI=1S/C9H9F3O/c1-2-7-3-5-8(6-4-7)13-9(10,11)12/h3,8H,2,5H2,1H3.